The van der Waals surface area contributed by atoms with Crippen LogP contribution in [-0.4, -0.2) is 15.6 Å². The van der Waals surface area contributed by atoms with Crippen LogP contribution in [-0.2, 0) is 6.42 Å². The average molecular weight is 514 g/mol. The van der Waals surface area contributed by atoms with Crippen LogP contribution in [0.15, 0.2) is 64.1 Å². The van der Waals surface area contributed by atoms with Gasteiger partial charge in [0.25, 0.3) is 5.56 Å². The summed E-state index contributed by atoms with van der Waals surface area (Å²) in [7, 11) is 0. The minimum Gasteiger partial charge on any atom is -0.384 e. The second kappa shape index (κ2) is 8.99. The average Bonchev–Trinajstić information content (AvgIpc) is 2.77. The summed E-state index contributed by atoms with van der Waals surface area (Å²) >= 11 is 3.30. The van der Waals surface area contributed by atoms with Gasteiger partial charge in [-0.25, -0.2) is 18.6 Å². The Kier molecular flexibility index (Phi) is 6.10. The Hall–Kier alpha value is -3.79. The van der Waals surface area contributed by atoms with E-state index < -0.39 is 17.7 Å². The summed E-state index contributed by atoms with van der Waals surface area (Å²) in [6.45, 7) is 1.85. The number of halogens is 3. The Labute approximate surface area is 195 Å². The van der Waals surface area contributed by atoms with Gasteiger partial charge in [0.1, 0.15) is 17.5 Å². The largest absolute Gasteiger partial charge is 0.384 e. The summed E-state index contributed by atoms with van der Waals surface area (Å²) in [4.78, 5) is 29.7. The Bertz CT molecular complexity index is 1440. The number of aryl methyl sites for hydroxylation is 1. The summed E-state index contributed by atoms with van der Waals surface area (Å²) in [5.74, 6) is -0.857. The predicted molar refractivity (Wildman–Crippen MR) is 128 cm³/mol. The fourth-order valence-electron chi connectivity index (χ4n) is 3.46. The first kappa shape index (κ1) is 22.4. The molecule has 0 fully saturated rings. The van der Waals surface area contributed by atoms with E-state index in [1.165, 1.54) is 34.9 Å². The molecule has 0 bridgehead atoms. The van der Waals surface area contributed by atoms with E-state index in [-0.39, 0.29) is 11.2 Å². The number of amides is 2. The fourth-order valence-corrected chi connectivity index (χ4v) is 3.97. The van der Waals surface area contributed by atoms with E-state index in [0.717, 1.165) is 6.07 Å². The molecule has 0 aliphatic heterocycles. The monoisotopic (exact) mass is 513 g/mol. The van der Waals surface area contributed by atoms with Crippen molar-refractivity contribution >= 4 is 49.9 Å². The predicted octanol–water partition coefficient (Wildman–Crippen LogP) is 5.22. The molecule has 2 aromatic carbocycles. The first-order valence-corrected chi connectivity index (χ1v) is 10.7. The number of benzene rings is 2. The van der Waals surface area contributed by atoms with Crippen molar-refractivity contribution in [3.63, 3.8) is 0 Å². The molecule has 0 atom stereocenters. The summed E-state index contributed by atoms with van der Waals surface area (Å²) in [5, 5.41) is 6.29. The van der Waals surface area contributed by atoms with Gasteiger partial charge in [-0.2, -0.15) is 0 Å². The molecule has 33 heavy (non-hydrogen) atoms. The summed E-state index contributed by atoms with van der Waals surface area (Å²) in [6, 6.07) is 8.55. The molecule has 0 unspecified atom stereocenters. The van der Waals surface area contributed by atoms with Gasteiger partial charge in [0.05, 0.1) is 11.4 Å². The highest BCUT2D eigenvalue weighted by Crippen LogP contribution is 2.29. The van der Waals surface area contributed by atoms with Crippen LogP contribution in [0.1, 0.15) is 12.5 Å². The summed E-state index contributed by atoms with van der Waals surface area (Å²) in [5.41, 5.74) is 6.52. The lowest BCUT2D eigenvalue weighted by molar-refractivity contribution is 0.262. The highest BCUT2D eigenvalue weighted by molar-refractivity contribution is 9.10. The maximum Gasteiger partial charge on any atom is 0.323 e. The van der Waals surface area contributed by atoms with E-state index in [2.05, 4.69) is 31.5 Å². The number of nitrogens with two attached hydrogens (primary N) is 1. The van der Waals surface area contributed by atoms with Crippen LogP contribution in [0, 0.1) is 11.6 Å². The van der Waals surface area contributed by atoms with Crippen LogP contribution in [0.25, 0.3) is 16.5 Å². The number of urea groups is 1. The van der Waals surface area contributed by atoms with Gasteiger partial charge in [0.2, 0.25) is 0 Å². The number of rotatable bonds is 4. The Morgan fingerprint density at radius 1 is 1.15 bits per heavy atom. The van der Waals surface area contributed by atoms with Crippen LogP contribution >= 0.6 is 15.9 Å². The van der Waals surface area contributed by atoms with Crippen molar-refractivity contribution in [3.05, 3.63) is 86.9 Å². The minimum absolute atomic E-state index is 0.145. The van der Waals surface area contributed by atoms with Crippen LogP contribution in [0.2, 0.25) is 0 Å². The van der Waals surface area contributed by atoms with Gasteiger partial charge >= 0.3 is 6.03 Å². The van der Waals surface area contributed by atoms with Crippen molar-refractivity contribution in [2.45, 2.75) is 13.3 Å². The van der Waals surface area contributed by atoms with Gasteiger partial charge in [-0.05, 0) is 70.2 Å². The van der Waals surface area contributed by atoms with E-state index in [1.54, 1.807) is 18.5 Å². The standard InChI is InChI=1S/C23H18BrF2N5O2/c1-2-15-16-7-21(27)28-10-12(16)11-31(22(15)32)20-9-19(18(26)8-17(20)24)30-23(33)29-14-5-3-13(25)4-6-14/h3-11H,2,27H2,1H3,(H2,29,30,33). The minimum atomic E-state index is -0.728. The molecule has 0 saturated heterocycles. The molecule has 2 amide bonds. The SMILES string of the molecule is CCc1c(=O)n(-c2cc(NC(=O)Nc3ccc(F)cc3)c(F)cc2Br)cc2cnc(N)cc12. The molecule has 2 aromatic heterocycles. The number of pyridine rings is 2. The molecule has 10 heteroatoms. The molecule has 7 nitrogen and oxygen atoms in total. The van der Waals surface area contributed by atoms with Crippen molar-refractivity contribution < 1.29 is 13.6 Å². The van der Waals surface area contributed by atoms with Gasteiger partial charge in [-0.1, -0.05) is 6.92 Å². The van der Waals surface area contributed by atoms with E-state index in [0.29, 0.717) is 44.4 Å². The number of nitrogen functional groups attached to an aromatic ring is 1. The zero-order valence-corrected chi connectivity index (χ0v) is 18.9. The number of aromatic nitrogens is 2. The quantitative estimate of drug-likeness (QED) is 0.348. The van der Waals surface area contributed by atoms with Crippen molar-refractivity contribution in [1.29, 1.82) is 0 Å². The number of hydrogen-bond acceptors (Lipinski definition) is 4. The highest BCUT2D eigenvalue weighted by atomic mass is 79.9. The Morgan fingerprint density at radius 3 is 2.58 bits per heavy atom. The van der Waals surface area contributed by atoms with Gasteiger partial charge in [0, 0.05) is 33.5 Å². The molecule has 0 saturated carbocycles. The van der Waals surface area contributed by atoms with Crippen LogP contribution in [0.3, 0.4) is 0 Å². The molecule has 0 radical (unpaired) electrons. The number of nitrogens with zero attached hydrogens (tertiary/aromatic N) is 2. The lowest BCUT2D eigenvalue weighted by atomic mass is 10.1. The van der Waals surface area contributed by atoms with Crippen LogP contribution in [0.5, 0.6) is 0 Å². The van der Waals surface area contributed by atoms with Crippen molar-refractivity contribution in [1.82, 2.24) is 9.55 Å². The third-order valence-electron chi connectivity index (χ3n) is 5.03. The van der Waals surface area contributed by atoms with Crippen LogP contribution < -0.4 is 21.9 Å². The first-order valence-electron chi connectivity index (χ1n) is 9.89. The normalized spacial score (nSPS) is 10.9. The van der Waals surface area contributed by atoms with Crippen molar-refractivity contribution in [2.75, 3.05) is 16.4 Å². The molecule has 4 rings (SSSR count). The molecular weight excluding hydrogens is 496 g/mol. The maximum atomic E-state index is 14.6. The third kappa shape index (κ3) is 4.56. The molecule has 4 N–H and O–H groups in total. The Morgan fingerprint density at radius 2 is 1.88 bits per heavy atom. The number of carbonyl (C=O) groups is 1. The highest BCUT2D eigenvalue weighted by Gasteiger charge is 2.16. The summed E-state index contributed by atoms with van der Waals surface area (Å²) in [6.07, 6.45) is 3.60. The first-order chi connectivity index (χ1) is 15.8. The number of anilines is 3. The van der Waals surface area contributed by atoms with E-state index in [9.17, 15) is 18.4 Å². The molecule has 2 heterocycles. The van der Waals surface area contributed by atoms with E-state index in [1.807, 2.05) is 6.92 Å². The van der Waals surface area contributed by atoms with E-state index in [4.69, 9.17) is 5.73 Å². The topological polar surface area (TPSA) is 102 Å². The lowest BCUT2D eigenvalue weighted by Crippen LogP contribution is -2.23. The molecule has 0 aliphatic carbocycles. The van der Waals surface area contributed by atoms with Gasteiger partial charge < -0.3 is 16.4 Å². The fraction of sp³-hybridized carbons (Fsp3) is 0.0870. The second-order valence-electron chi connectivity index (χ2n) is 7.20. The number of hydrogen-bond donors (Lipinski definition) is 3. The summed E-state index contributed by atoms with van der Waals surface area (Å²) < 4.78 is 29.3. The molecule has 0 aliphatic rings. The number of nitrogens with one attached hydrogen (secondary N) is 2. The van der Waals surface area contributed by atoms with Gasteiger partial charge in [0.15, 0.2) is 0 Å². The lowest BCUT2D eigenvalue weighted by Gasteiger charge is -2.15. The third-order valence-corrected chi connectivity index (χ3v) is 5.66. The molecule has 168 valence electrons. The van der Waals surface area contributed by atoms with E-state index >= 15 is 0 Å². The van der Waals surface area contributed by atoms with Gasteiger partial charge in [-0.3, -0.25) is 9.36 Å². The second-order valence-corrected chi connectivity index (χ2v) is 8.06. The molecule has 4 aromatic rings. The Balaban J connectivity index is 1.74. The van der Waals surface area contributed by atoms with Crippen LogP contribution in [0.4, 0.5) is 30.8 Å². The zero-order valence-electron chi connectivity index (χ0n) is 17.3. The zero-order chi connectivity index (χ0) is 23.7. The van der Waals surface area contributed by atoms with Crippen molar-refractivity contribution in [3.8, 4) is 5.69 Å². The number of fused-ring (bicyclic) bond motifs is 1. The molecule has 0 spiro atoms. The van der Waals surface area contributed by atoms with Gasteiger partial charge in [-0.15, -0.1) is 0 Å². The van der Waals surface area contributed by atoms with Crippen molar-refractivity contribution in [2.24, 2.45) is 0 Å². The smallest absolute Gasteiger partial charge is 0.323 e. The number of carbonyl (C=O) groups excluding carboxylic acids is 1. The maximum absolute atomic E-state index is 14.6. The molecular formula is C23H18BrF2N5O2.